The first-order chi connectivity index (χ1) is 18.1. The van der Waals surface area contributed by atoms with E-state index >= 15 is 0 Å². The molecule has 0 saturated heterocycles. The summed E-state index contributed by atoms with van der Waals surface area (Å²) in [5.74, 6) is 0. The van der Waals surface area contributed by atoms with Crippen molar-refractivity contribution < 1.29 is 0 Å². The van der Waals surface area contributed by atoms with Gasteiger partial charge in [0.2, 0.25) is 0 Å². The lowest BCUT2D eigenvalue weighted by atomic mass is 9.81. The fraction of sp³-hybridized carbons (Fsp3) is 0.0811. The largest absolute Gasteiger partial charge is 0.0619 e. The van der Waals surface area contributed by atoms with E-state index in [4.69, 9.17) is 0 Å². The van der Waals surface area contributed by atoms with Crippen LogP contribution in [0.15, 0.2) is 133 Å². The molecule has 0 saturated carbocycles. The molecule has 0 aromatic heterocycles. The first-order valence-electron chi connectivity index (χ1n) is 13.0. The predicted octanol–water partition coefficient (Wildman–Crippen LogP) is 10.1. The summed E-state index contributed by atoms with van der Waals surface area (Å²) in [6.07, 6.45) is 0. The van der Waals surface area contributed by atoms with Crippen LogP contribution in [0.1, 0.15) is 25.0 Å². The normalized spacial score (nSPS) is 13.4. The number of fused-ring (bicyclic) bond motifs is 4. The molecule has 0 radical (unpaired) electrons. The summed E-state index contributed by atoms with van der Waals surface area (Å²) in [4.78, 5) is 0. The molecule has 176 valence electrons. The van der Waals surface area contributed by atoms with Crippen molar-refractivity contribution >= 4 is 10.8 Å². The highest BCUT2D eigenvalue weighted by atomic mass is 14.4. The lowest BCUT2D eigenvalue weighted by Gasteiger charge is -2.22. The Morgan fingerprint density at radius 3 is 1.49 bits per heavy atom. The van der Waals surface area contributed by atoms with Gasteiger partial charge in [-0.1, -0.05) is 135 Å². The van der Waals surface area contributed by atoms with Crippen LogP contribution in [-0.2, 0) is 5.41 Å². The maximum absolute atomic E-state index is 2.39. The maximum atomic E-state index is 2.39. The molecule has 1 aliphatic carbocycles. The lowest BCUT2D eigenvalue weighted by Crippen LogP contribution is -2.14. The fourth-order valence-corrected chi connectivity index (χ4v) is 5.96. The summed E-state index contributed by atoms with van der Waals surface area (Å²) < 4.78 is 0. The van der Waals surface area contributed by atoms with Crippen LogP contribution in [0, 0.1) is 0 Å². The van der Waals surface area contributed by atoms with Gasteiger partial charge in [0.25, 0.3) is 0 Å². The van der Waals surface area contributed by atoms with Crippen LogP contribution in [0.2, 0.25) is 0 Å². The third kappa shape index (κ3) is 3.60. The second kappa shape index (κ2) is 8.32. The molecular weight excluding hydrogens is 444 g/mol. The first-order valence-corrected chi connectivity index (χ1v) is 13.0. The van der Waals surface area contributed by atoms with Gasteiger partial charge in [-0.15, -0.1) is 0 Å². The molecule has 0 heterocycles. The van der Waals surface area contributed by atoms with Crippen LogP contribution in [0.4, 0.5) is 0 Å². The topological polar surface area (TPSA) is 0 Å². The average molecular weight is 473 g/mol. The number of hydrogen-bond acceptors (Lipinski definition) is 0. The van der Waals surface area contributed by atoms with E-state index in [1.807, 2.05) is 0 Å². The van der Waals surface area contributed by atoms with E-state index in [1.165, 1.54) is 66.4 Å². The minimum absolute atomic E-state index is 0.0225. The molecule has 0 spiro atoms. The van der Waals surface area contributed by atoms with Crippen molar-refractivity contribution in [1.29, 1.82) is 0 Å². The summed E-state index contributed by atoms with van der Waals surface area (Å²) in [5, 5.41) is 2.55. The summed E-state index contributed by atoms with van der Waals surface area (Å²) >= 11 is 0. The Kier molecular flexibility index (Phi) is 4.91. The summed E-state index contributed by atoms with van der Waals surface area (Å²) in [7, 11) is 0. The second-order valence-corrected chi connectivity index (χ2v) is 10.6. The second-order valence-electron chi connectivity index (χ2n) is 10.6. The number of hydrogen-bond donors (Lipinski definition) is 0. The van der Waals surface area contributed by atoms with Gasteiger partial charge in [0.15, 0.2) is 0 Å². The third-order valence-corrected chi connectivity index (χ3v) is 8.10. The van der Waals surface area contributed by atoms with Gasteiger partial charge < -0.3 is 0 Å². The SMILES string of the molecule is CC1(C)c2ccccc2-c2ccc(-c3ccc(-c4ccc(-c5ccc6ccccc6c5)cc4)cc3)cc21. The first kappa shape index (κ1) is 21.8. The monoisotopic (exact) mass is 472 g/mol. The zero-order valence-electron chi connectivity index (χ0n) is 21.2. The molecule has 0 fully saturated rings. The molecule has 6 aromatic carbocycles. The van der Waals surface area contributed by atoms with E-state index in [9.17, 15) is 0 Å². The summed E-state index contributed by atoms with van der Waals surface area (Å²) in [6, 6.07) is 48.9. The molecular formula is C37H28. The van der Waals surface area contributed by atoms with Gasteiger partial charge in [0.1, 0.15) is 0 Å². The Bertz CT molecular complexity index is 1770. The molecule has 1 aliphatic rings. The van der Waals surface area contributed by atoms with Crippen LogP contribution in [0.25, 0.3) is 55.3 Å². The molecule has 0 unspecified atom stereocenters. The smallest absolute Gasteiger partial charge is 0.0159 e. The molecule has 7 rings (SSSR count). The zero-order valence-corrected chi connectivity index (χ0v) is 21.2. The van der Waals surface area contributed by atoms with E-state index in [0.717, 1.165) is 0 Å². The predicted molar refractivity (Wildman–Crippen MR) is 158 cm³/mol. The average Bonchev–Trinajstić information content (AvgIpc) is 3.19. The molecule has 0 bridgehead atoms. The third-order valence-electron chi connectivity index (χ3n) is 8.10. The van der Waals surface area contributed by atoms with Gasteiger partial charge in [-0.05, 0) is 78.5 Å². The molecule has 0 amide bonds. The van der Waals surface area contributed by atoms with Gasteiger partial charge in [-0.2, -0.15) is 0 Å². The molecule has 0 atom stereocenters. The number of benzene rings is 6. The van der Waals surface area contributed by atoms with E-state index in [2.05, 4.69) is 147 Å². The van der Waals surface area contributed by atoms with Gasteiger partial charge in [-0.25, -0.2) is 0 Å². The number of rotatable bonds is 3. The van der Waals surface area contributed by atoms with Crippen LogP contribution in [0.3, 0.4) is 0 Å². The Morgan fingerprint density at radius 2 is 0.811 bits per heavy atom. The van der Waals surface area contributed by atoms with Crippen LogP contribution >= 0.6 is 0 Å². The summed E-state index contributed by atoms with van der Waals surface area (Å²) in [6.45, 7) is 4.68. The van der Waals surface area contributed by atoms with Crippen molar-refractivity contribution in [2.24, 2.45) is 0 Å². The van der Waals surface area contributed by atoms with E-state index in [-0.39, 0.29) is 5.41 Å². The summed E-state index contributed by atoms with van der Waals surface area (Å²) in [5.41, 5.74) is 13.1. The van der Waals surface area contributed by atoms with Crippen molar-refractivity contribution in [2.45, 2.75) is 19.3 Å². The molecule has 37 heavy (non-hydrogen) atoms. The lowest BCUT2D eigenvalue weighted by molar-refractivity contribution is 0.660. The van der Waals surface area contributed by atoms with Crippen LogP contribution < -0.4 is 0 Å². The highest BCUT2D eigenvalue weighted by Crippen LogP contribution is 2.49. The Morgan fingerprint density at radius 1 is 0.351 bits per heavy atom. The van der Waals surface area contributed by atoms with Crippen LogP contribution in [0.5, 0.6) is 0 Å². The van der Waals surface area contributed by atoms with Crippen molar-refractivity contribution in [2.75, 3.05) is 0 Å². The van der Waals surface area contributed by atoms with Crippen molar-refractivity contribution in [3.63, 3.8) is 0 Å². The molecule has 0 aliphatic heterocycles. The van der Waals surface area contributed by atoms with E-state index < -0.39 is 0 Å². The fourth-order valence-electron chi connectivity index (χ4n) is 5.96. The van der Waals surface area contributed by atoms with Crippen molar-refractivity contribution in [3.05, 3.63) is 145 Å². The Labute approximate surface area is 218 Å². The van der Waals surface area contributed by atoms with E-state index in [0.29, 0.717) is 0 Å². The van der Waals surface area contributed by atoms with Gasteiger partial charge in [-0.3, -0.25) is 0 Å². The maximum Gasteiger partial charge on any atom is 0.0159 e. The highest BCUT2D eigenvalue weighted by Gasteiger charge is 2.35. The van der Waals surface area contributed by atoms with Gasteiger partial charge in [0.05, 0.1) is 0 Å². The standard InChI is InChI=1S/C37H28/c1-37(2)35-10-6-5-9-33(35)34-22-21-32(24-36(34)37)29-17-13-27(14-18-29)26-11-15-28(16-12-26)31-20-19-25-7-3-4-8-30(25)23-31/h3-24H,1-2H3. The van der Waals surface area contributed by atoms with Gasteiger partial charge in [0, 0.05) is 5.41 Å². The Hall–Kier alpha value is -4.42. The minimum atomic E-state index is 0.0225. The molecule has 0 nitrogen and oxygen atoms in total. The van der Waals surface area contributed by atoms with Gasteiger partial charge >= 0.3 is 0 Å². The minimum Gasteiger partial charge on any atom is -0.0619 e. The van der Waals surface area contributed by atoms with E-state index in [1.54, 1.807) is 0 Å². The quantitative estimate of drug-likeness (QED) is 0.240. The van der Waals surface area contributed by atoms with Crippen molar-refractivity contribution in [1.82, 2.24) is 0 Å². The molecule has 0 N–H and O–H groups in total. The van der Waals surface area contributed by atoms with Crippen LogP contribution in [-0.4, -0.2) is 0 Å². The molecule has 6 aromatic rings. The highest BCUT2D eigenvalue weighted by molar-refractivity contribution is 5.88. The molecule has 0 heteroatoms. The zero-order chi connectivity index (χ0) is 25.0. The van der Waals surface area contributed by atoms with Crippen molar-refractivity contribution in [3.8, 4) is 44.5 Å². The Balaban J connectivity index is 1.16.